The Hall–Kier alpha value is -0.305. The number of aliphatic hydroxyl groups is 1. The van der Waals surface area contributed by atoms with Gasteiger partial charge in [0.1, 0.15) is 13.6 Å². The van der Waals surface area contributed by atoms with Gasteiger partial charge in [-0.2, -0.15) is 0 Å². The molecule has 3 heteroatoms. The quantitative estimate of drug-likeness (QED) is 0.569. The van der Waals surface area contributed by atoms with Crippen LogP contribution in [0, 0.1) is 11.8 Å². The molecular weight excluding hydrogens is 139 g/mol. The molecule has 11 heavy (non-hydrogen) atoms. The Morgan fingerprint density at radius 2 is 2.36 bits per heavy atom. The summed E-state index contributed by atoms with van der Waals surface area (Å²) in [6.07, 6.45) is 1.98. The summed E-state index contributed by atoms with van der Waals surface area (Å²) in [4.78, 5) is 11.2. The molecule has 0 spiro atoms. The summed E-state index contributed by atoms with van der Waals surface area (Å²) in [6.45, 7) is 1.97. The van der Waals surface area contributed by atoms with E-state index in [1.807, 2.05) is 6.92 Å². The Morgan fingerprint density at radius 3 is 2.73 bits per heavy atom. The molecule has 1 aliphatic rings. The average molecular weight is 154 g/mol. The molecule has 3 unspecified atom stereocenters. The van der Waals surface area contributed by atoms with E-state index < -0.39 is 0 Å². The first kappa shape index (κ1) is 8.79. The molecule has 1 aliphatic carbocycles. The van der Waals surface area contributed by atoms with E-state index in [-0.39, 0.29) is 23.7 Å². The van der Waals surface area contributed by atoms with Crippen molar-refractivity contribution < 1.29 is 9.90 Å². The number of ketones is 1. The Kier molecular flexibility index (Phi) is 2.71. The molecule has 0 aromatic rings. The number of hydrogen-bond donors (Lipinski definition) is 1. The fourth-order valence-electron chi connectivity index (χ4n) is 1.84. The van der Waals surface area contributed by atoms with Crippen LogP contribution in [0.15, 0.2) is 0 Å². The summed E-state index contributed by atoms with van der Waals surface area (Å²) in [7, 11) is 2.07. The molecule has 2 nitrogen and oxygen atoms in total. The molecule has 0 aromatic carbocycles. The molecule has 3 atom stereocenters. The highest BCUT2D eigenvalue weighted by Gasteiger charge is 2.37. The summed E-state index contributed by atoms with van der Waals surface area (Å²) in [5.41, 5.74) is 0. The zero-order valence-corrected chi connectivity index (χ0v) is 7.21. The first-order chi connectivity index (χ1) is 5.16. The van der Waals surface area contributed by atoms with Crippen LogP contribution in [0.3, 0.4) is 0 Å². The van der Waals surface area contributed by atoms with Gasteiger partial charge in [-0.15, -0.1) is 0 Å². The maximum absolute atomic E-state index is 11.2. The average Bonchev–Trinajstić information content (AvgIpc) is 2.17. The van der Waals surface area contributed by atoms with E-state index in [9.17, 15) is 9.90 Å². The Labute approximate surface area is 68.4 Å². The van der Waals surface area contributed by atoms with Crippen LogP contribution >= 0.6 is 0 Å². The third-order valence-electron chi connectivity index (χ3n) is 2.67. The SMILES string of the molecule is BCCC1C(=O)CC(O)C1C. The minimum absolute atomic E-state index is 0.134. The van der Waals surface area contributed by atoms with Crippen LogP contribution < -0.4 is 0 Å². The Bertz CT molecular complexity index is 158. The van der Waals surface area contributed by atoms with E-state index in [0.717, 1.165) is 12.7 Å². The predicted molar refractivity (Wildman–Crippen MR) is 46.3 cm³/mol. The molecule has 0 radical (unpaired) electrons. The summed E-state index contributed by atoms with van der Waals surface area (Å²) in [6, 6.07) is 0. The van der Waals surface area contributed by atoms with Gasteiger partial charge in [0.2, 0.25) is 0 Å². The van der Waals surface area contributed by atoms with Crippen molar-refractivity contribution in [2.24, 2.45) is 11.8 Å². The molecule has 62 valence electrons. The zero-order chi connectivity index (χ0) is 8.43. The van der Waals surface area contributed by atoms with E-state index in [2.05, 4.69) is 7.85 Å². The molecular formula is C8H15BO2. The number of Topliss-reactive ketones (excluding diaryl/α,β-unsaturated/α-hetero) is 1. The number of hydrogen-bond acceptors (Lipinski definition) is 2. The number of carbonyl (C=O) groups is 1. The largest absolute Gasteiger partial charge is 0.392 e. The molecule has 1 N–H and O–H groups in total. The van der Waals surface area contributed by atoms with Crippen molar-refractivity contribution in [1.82, 2.24) is 0 Å². The van der Waals surface area contributed by atoms with Gasteiger partial charge in [0.15, 0.2) is 0 Å². The highest BCUT2D eigenvalue weighted by atomic mass is 16.3. The lowest BCUT2D eigenvalue weighted by molar-refractivity contribution is -0.121. The lowest BCUT2D eigenvalue weighted by Gasteiger charge is -2.14. The van der Waals surface area contributed by atoms with Crippen LogP contribution in [-0.4, -0.2) is 24.8 Å². The van der Waals surface area contributed by atoms with Gasteiger partial charge in [-0.3, -0.25) is 4.79 Å². The van der Waals surface area contributed by atoms with Gasteiger partial charge < -0.3 is 5.11 Å². The van der Waals surface area contributed by atoms with Crippen molar-refractivity contribution in [2.75, 3.05) is 0 Å². The van der Waals surface area contributed by atoms with Gasteiger partial charge >= 0.3 is 0 Å². The van der Waals surface area contributed by atoms with E-state index in [1.54, 1.807) is 0 Å². The monoisotopic (exact) mass is 154 g/mol. The smallest absolute Gasteiger partial charge is 0.138 e. The topological polar surface area (TPSA) is 37.3 Å². The lowest BCUT2D eigenvalue weighted by atomic mass is 9.86. The van der Waals surface area contributed by atoms with Crippen molar-refractivity contribution in [3.05, 3.63) is 0 Å². The highest BCUT2D eigenvalue weighted by Crippen LogP contribution is 2.31. The minimum Gasteiger partial charge on any atom is -0.392 e. The van der Waals surface area contributed by atoms with E-state index in [0.29, 0.717) is 6.42 Å². The van der Waals surface area contributed by atoms with Gasteiger partial charge in [-0.05, 0) is 5.92 Å². The number of aliphatic hydroxyl groups excluding tert-OH is 1. The van der Waals surface area contributed by atoms with E-state index >= 15 is 0 Å². The Balaban J connectivity index is 2.56. The van der Waals surface area contributed by atoms with Gasteiger partial charge in [-0.25, -0.2) is 0 Å². The van der Waals surface area contributed by atoms with Gasteiger partial charge in [0.05, 0.1) is 6.10 Å². The molecule has 0 bridgehead atoms. The summed E-state index contributed by atoms with van der Waals surface area (Å²) in [5, 5.41) is 9.34. The van der Waals surface area contributed by atoms with Gasteiger partial charge in [-0.1, -0.05) is 19.7 Å². The molecule has 0 aromatic heterocycles. The van der Waals surface area contributed by atoms with Crippen molar-refractivity contribution in [2.45, 2.75) is 32.2 Å². The fourth-order valence-corrected chi connectivity index (χ4v) is 1.84. The maximum Gasteiger partial charge on any atom is 0.138 e. The van der Waals surface area contributed by atoms with Gasteiger partial charge in [0.25, 0.3) is 0 Å². The van der Waals surface area contributed by atoms with E-state index in [4.69, 9.17) is 0 Å². The molecule has 1 saturated carbocycles. The van der Waals surface area contributed by atoms with Crippen molar-refractivity contribution in [3.63, 3.8) is 0 Å². The number of carbonyl (C=O) groups excluding carboxylic acids is 1. The zero-order valence-electron chi connectivity index (χ0n) is 7.21. The highest BCUT2D eigenvalue weighted by molar-refractivity contribution is 6.08. The van der Waals surface area contributed by atoms with Crippen molar-refractivity contribution in [3.8, 4) is 0 Å². The summed E-state index contributed by atoms with van der Waals surface area (Å²) < 4.78 is 0. The third kappa shape index (κ3) is 1.64. The van der Waals surface area contributed by atoms with Crippen LogP contribution in [0.4, 0.5) is 0 Å². The molecule has 0 aliphatic heterocycles. The molecule has 1 rings (SSSR count). The third-order valence-corrected chi connectivity index (χ3v) is 2.67. The minimum atomic E-state index is -0.376. The molecule has 1 fully saturated rings. The van der Waals surface area contributed by atoms with Crippen LogP contribution in [0.2, 0.25) is 6.32 Å². The maximum atomic E-state index is 11.2. The second-order valence-corrected chi connectivity index (χ2v) is 3.49. The van der Waals surface area contributed by atoms with Crippen LogP contribution in [0.1, 0.15) is 19.8 Å². The van der Waals surface area contributed by atoms with Crippen molar-refractivity contribution in [1.29, 1.82) is 0 Å². The van der Waals surface area contributed by atoms with E-state index in [1.165, 1.54) is 0 Å². The Morgan fingerprint density at radius 1 is 1.73 bits per heavy atom. The second kappa shape index (κ2) is 3.39. The van der Waals surface area contributed by atoms with Crippen molar-refractivity contribution >= 4 is 13.6 Å². The van der Waals surface area contributed by atoms with Crippen LogP contribution in [0.25, 0.3) is 0 Å². The first-order valence-corrected chi connectivity index (χ1v) is 4.37. The normalized spacial score (nSPS) is 38.0. The lowest BCUT2D eigenvalue weighted by Crippen LogP contribution is -2.16. The summed E-state index contributed by atoms with van der Waals surface area (Å²) in [5.74, 6) is 0.573. The molecule has 0 heterocycles. The standard InChI is InChI=1S/C8H15BO2/c1-5-6(2-3-9)8(11)4-7(5)10/h5-7,10H,2-4,9H2,1H3. The molecule has 0 saturated heterocycles. The predicted octanol–water partition coefficient (Wildman–Crippen LogP) is 0.0139. The molecule has 0 amide bonds. The van der Waals surface area contributed by atoms with Crippen LogP contribution in [-0.2, 0) is 4.79 Å². The second-order valence-electron chi connectivity index (χ2n) is 3.49. The number of rotatable bonds is 2. The first-order valence-electron chi connectivity index (χ1n) is 4.37. The summed E-state index contributed by atoms with van der Waals surface area (Å²) >= 11 is 0. The van der Waals surface area contributed by atoms with Gasteiger partial charge in [0, 0.05) is 12.3 Å². The fraction of sp³-hybridized carbons (Fsp3) is 0.875. The van der Waals surface area contributed by atoms with Crippen LogP contribution in [0.5, 0.6) is 0 Å².